The van der Waals surface area contributed by atoms with E-state index in [0.29, 0.717) is 17.6 Å². The molecule has 16 heavy (non-hydrogen) atoms. The number of nitrogens with two attached hydrogens (primary N) is 1. The third-order valence-electron chi connectivity index (χ3n) is 2.31. The van der Waals surface area contributed by atoms with E-state index in [-0.39, 0.29) is 0 Å². The van der Waals surface area contributed by atoms with Crippen LogP contribution in [0.2, 0.25) is 0 Å². The molecule has 82 valence electrons. The van der Waals surface area contributed by atoms with Crippen LogP contribution >= 0.6 is 0 Å². The van der Waals surface area contributed by atoms with Crippen LogP contribution in [-0.4, -0.2) is 15.0 Å². The van der Waals surface area contributed by atoms with Crippen molar-refractivity contribution in [1.82, 2.24) is 15.0 Å². The Morgan fingerprint density at radius 2 is 1.94 bits per heavy atom. The maximum Gasteiger partial charge on any atom is 0.163 e. The summed E-state index contributed by atoms with van der Waals surface area (Å²) in [6.45, 7) is 4.22. The van der Waals surface area contributed by atoms with E-state index < -0.39 is 0 Å². The van der Waals surface area contributed by atoms with Crippen LogP contribution in [0.1, 0.15) is 25.5 Å². The number of hydrogen-bond acceptors (Lipinski definition) is 4. The second kappa shape index (κ2) is 4.26. The van der Waals surface area contributed by atoms with Gasteiger partial charge in [-0.05, 0) is 24.1 Å². The molecule has 0 aliphatic carbocycles. The number of nitrogens with zero attached hydrogens (tertiary/aromatic N) is 3. The molecule has 0 saturated carbocycles. The van der Waals surface area contributed by atoms with Crippen molar-refractivity contribution in [2.75, 3.05) is 5.73 Å². The van der Waals surface area contributed by atoms with Crippen molar-refractivity contribution in [3.05, 3.63) is 36.3 Å². The van der Waals surface area contributed by atoms with Crippen molar-refractivity contribution in [1.29, 1.82) is 0 Å². The lowest BCUT2D eigenvalue weighted by Gasteiger charge is -2.05. The Kier molecular flexibility index (Phi) is 2.81. The molecule has 0 amide bonds. The minimum Gasteiger partial charge on any atom is -0.384 e. The largest absolute Gasteiger partial charge is 0.384 e. The maximum absolute atomic E-state index is 5.60. The first-order valence-corrected chi connectivity index (χ1v) is 5.21. The molecule has 0 aromatic carbocycles. The summed E-state index contributed by atoms with van der Waals surface area (Å²) in [4.78, 5) is 12.7. The van der Waals surface area contributed by atoms with Gasteiger partial charge >= 0.3 is 0 Å². The lowest BCUT2D eigenvalue weighted by Crippen LogP contribution is -1.96. The lowest BCUT2D eigenvalue weighted by molar-refractivity contribution is 0.823. The van der Waals surface area contributed by atoms with Crippen molar-refractivity contribution in [3.8, 4) is 11.4 Å². The Hall–Kier alpha value is -1.97. The molecule has 2 heterocycles. The molecule has 4 heteroatoms. The monoisotopic (exact) mass is 214 g/mol. The van der Waals surface area contributed by atoms with Gasteiger partial charge < -0.3 is 5.73 Å². The fraction of sp³-hybridized carbons (Fsp3) is 0.250. The average Bonchev–Trinajstić information content (AvgIpc) is 2.29. The highest BCUT2D eigenvalue weighted by Gasteiger charge is 2.04. The van der Waals surface area contributed by atoms with Crippen LogP contribution in [-0.2, 0) is 0 Å². The predicted molar refractivity (Wildman–Crippen MR) is 63.8 cm³/mol. The highest BCUT2D eigenvalue weighted by atomic mass is 14.9. The summed E-state index contributed by atoms with van der Waals surface area (Å²) < 4.78 is 0. The quantitative estimate of drug-likeness (QED) is 0.832. The Labute approximate surface area is 94.6 Å². The van der Waals surface area contributed by atoms with E-state index in [1.54, 1.807) is 18.5 Å². The fourth-order valence-electron chi connectivity index (χ4n) is 1.39. The topological polar surface area (TPSA) is 64.7 Å². The van der Waals surface area contributed by atoms with E-state index >= 15 is 0 Å². The molecule has 0 radical (unpaired) electrons. The molecular weight excluding hydrogens is 200 g/mol. The minimum atomic E-state index is 0.427. The molecule has 2 N–H and O–H groups in total. The fourth-order valence-corrected chi connectivity index (χ4v) is 1.39. The van der Waals surface area contributed by atoms with Crippen LogP contribution in [0, 0.1) is 0 Å². The SMILES string of the molecule is CC(C)c1ccc(-c2nccc(N)n2)cn1. The second-order valence-electron chi connectivity index (χ2n) is 3.93. The number of nitrogen functional groups attached to an aromatic ring is 1. The summed E-state index contributed by atoms with van der Waals surface area (Å²) in [6.07, 6.45) is 3.43. The summed E-state index contributed by atoms with van der Waals surface area (Å²) in [7, 11) is 0. The van der Waals surface area contributed by atoms with Crippen LogP contribution in [0.3, 0.4) is 0 Å². The number of rotatable bonds is 2. The van der Waals surface area contributed by atoms with Gasteiger partial charge in [-0.25, -0.2) is 9.97 Å². The van der Waals surface area contributed by atoms with Crippen molar-refractivity contribution in [3.63, 3.8) is 0 Å². The third-order valence-corrected chi connectivity index (χ3v) is 2.31. The number of hydrogen-bond donors (Lipinski definition) is 1. The Morgan fingerprint density at radius 1 is 1.12 bits per heavy atom. The zero-order chi connectivity index (χ0) is 11.5. The van der Waals surface area contributed by atoms with Gasteiger partial charge in [-0.2, -0.15) is 0 Å². The standard InChI is InChI=1S/C12H14N4/c1-8(2)10-4-3-9(7-15-10)12-14-6-5-11(13)16-12/h3-8H,1-2H3,(H2,13,14,16). The predicted octanol–water partition coefficient (Wildman–Crippen LogP) is 2.24. The zero-order valence-electron chi connectivity index (χ0n) is 9.38. The van der Waals surface area contributed by atoms with Gasteiger partial charge in [0.15, 0.2) is 5.82 Å². The van der Waals surface area contributed by atoms with E-state index in [0.717, 1.165) is 11.3 Å². The van der Waals surface area contributed by atoms with Gasteiger partial charge in [0, 0.05) is 23.7 Å². The molecule has 0 spiro atoms. The summed E-state index contributed by atoms with van der Waals surface area (Å²) in [5, 5.41) is 0. The van der Waals surface area contributed by atoms with Gasteiger partial charge in [-0.3, -0.25) is 4.98 Å². The molecule has 2 aromatic rings. The van der Waals surface area contributed by atoms with Crippen molar-refractivity contribution >= 4 is 5.82 Å². The highest BCUT2D eigenvalue weighted by molar-refractivity contribution is 5.55. The molecule has 0 atom stereocenters. The van der Waals surface area contributed by atoms with Gasteiger partial charge in [0.25, 0.3) is 0 Å². The molecule has 0 unspecified atom stereocenters. The van der Waals surface area contributed by atoms with Crippen molar-refractivity contribution < 1.29 is 0 Å². The van der Waals surface area contributed by atoms with E-state index in [1.807, 2.05) is 12.1 Å². The maximum atomic E-state index is 5.60. The first-order chi connectivity index (χ1) is 7.66. The van der Waals surface area contributed by atoms with Gasteiger partial charge in [0.1, 0.15) is 5.82 Å². The molecule has 2 aromatic heterocycles. The van der Waals surface area contributed by atoms with Crippen LogP contribution in [0.25, 0.3) is 11.4 Å². The van der Waals surface area contributed by atoms with Gasteiger partial charge in [-0.15, -0.1) is 0 Å². The smallest absolute Gasteiger partial charge is 0.163 e. The van der Waals surface area contributed by atoms with Crippen LogP contribution in [0.5, 0.6) is 0 Å². The number of pyridine rings is 1. The molecule has 0 aliphatic heterocycles. The number of anilines is 1. The molecule has 0 saturated heterocycles. The summed E-state index contributed by atoms with van der Waals surface area (Å²) in [5.74, 6) is 1.51. The van der Waals surface area contributed by atoms with Crippen LogP contribution < -0.4 is 5.73 Å². The van der Waals surface area contributed by atoms with E-state index in [1.165, 1.54) is 0 Å². The van der Waals surface area contributed by atoms with Gasteiger partial charge in [-0.1, -0.05) is 13.8 Å². The summed E-state index contributed by atoms with van der Waals surface area (Å²) in [5.41, 5.74) is 7.55. The average molecular weight is 214 g/mol. The third kappa shape index (κ3) is 2.16. The molecule has 0 aliphatic rings. The Balaban J connectivity index is 2.35. The molecule has 4 nitrogen and oxygen atoms in total. The van der Waals surface area contributed by atoms with Gasteiger partial charge in [0.2, 0.25) is 0 Å². The van der Waals surface area contributed by atoms with Crippen molar-refractivity contribution in [2.24, 2.45) is 0 Å². The summed E-state index contributed by atoms with van der Waals surface area (Å²) >= 11 is 0. The molecular formula is C12H14N4. The Bertz CT molecular complexity index is 477. The lowest BCUT2D eigenvalue weighted by atomic mass is 10.1. The summed E-state index contributed by atoms with van der Waals surface area (Å²) in [6, 6.07) is 5.63. The van der Waals surface area contributed by atoms with Gasteiger partial charge in [0.05, 0.1) is 0 Å². The molecule has 0 bridgehead atoms. The first-order valence-electron chi connectivity index (χ1n) is 5.21. The molecule has 2 rings (SSSR count). The minimum absolute atomic E-state index is 0.427. The highest BCUT2D eigenvalue weighted by Crippen LogP contribution is 2.17. The Morgan fingerprint density at radius 3 is 2.50 bits per heavy atom. The van der Waals surface area contributed by atoms with E-state index in [2.05, 4.69) is 28.8 Å². The molecule has 0 fully saturated rings. The van der Waals surface area contributed by atoms with Crippen LogP contribution in [0.4, 0.5) is 5.82 Å². The zero-order valence-corrected chi connectivity index (χ0v) is 9.38. The second-order valence-corrected chi connectivity index (χ2v) is 3.93. The first kappa shape index (κ1) is 10.5. The van der Waals surface area contributed by atoms with Crippen LogP contribution in [0.15, 0.2) is 30.6 Å². The number of aromatic nitrogens is 3. The normalized spacial score (nSPS) is 10.7. The van der Waals surface area contributed by atoms with Crippen molar-refractivity contribution in [2.45, 2.75) is 19.8 Å². The van der Waals surface area contributed by atoms with E-state index in [4.69, 9.17) is 5.73 Å². The van der Waals surface area contributed by atoms with E-state index in [9.17, 15) is 0 Å².